The number of hydrogen-bond donors (Lipinski definition) is 1. The molecule has 0 aromatic heterocycles. The molecule has 1 aromatic rings. The molecule has 1 aromatic carbocycles. The maximum atomic E-state index is 3.49. The first-order chi connectivity index (χ1) is 10.3. The number of nitrogens with zero attached hydrogens (tertiary/aromatic N) is 1. The molecule has 0 amide bonds. The van der Waals surface area contributed by atoms with E-state index in [9.17, 15) is 0 Å². The van der Waals surface area contributed by atoms with E-state index in [-0.39, 0.29) is 0 Å². The molecular weight excluding hydrogens is 256 g/mol. The molecule has 1 unspecified atom stereocenters. The van der Waals surface area contributed by atoms with Crippen LogP contribution in [-0.2, 0) is 0 Å². The lowest BCUT2D eigenvalue weighted by Gasteiger charge is -2.45. The molecule has 0 bridgehead atoms. The zero-order valence-corrected chi connectivity index (χ0v) is 13.6. The van der Waals surface area contributed by atoms with Crippen molar-refractivity contribution in [1.29, 1.82) is 0 Å². The van der Waals surface area contributed by atoms with Crippen molar-refractivity contribution in [3.63, 3.8) is 0 Å². The van der Waals surface area contributed by atoms with Gasteiger partial charge in [0.05, 0.1) is 0 Å². The van der Waals surface area contributed by atoms with Crippen LogP contribution in [0.5, 0.6) is 0 Å². The summed E-state index contributed by atoms with van der Waals surface area (Å²) in [6, 6.07) is 10.6. The summed E-state index contributed by atoms with van der Waals surface area (Å²) in [6.07, 6.45) is 8.56. The maximum absolute atomic E-state index is 3.49. The van der Waals surface area contributed by atoms with Crippen LogP contribution in [-0.4, -0.2) is 19.1 Å². The van der Waals surface area contributed by atoms with Gasteiger partial charge in [0.2, 0.25) is 0 Å². The predicted octanol–water partition coefficient (Wildman–Crippen LogP) is 4.52. The van der Waals surface area contributed by atoms with Crippen LogP contribution >= 0.6 is 0 Å². The lowest BCUT2D eigenvalue weighted by molar-refractivity contribution is 0.244. The number of rotatable bonds is 4. The Bertz CT molecular complexity index is 437. The van der Waals surface area contributed by atoms with Crippen LogP contribution in [0.4, 0.5) is 5.69 Å². The maximum Gasteiger partial charge on any atom is 0.0369 e. The highest BCUT2D eigenvalue weighted by Gasteiger charge is 2.33. The number of fused-ring (bicyclic) bond motifs is 1. The van der Waals surface area contributed by atoms with Gasteiger partial charge < -0.3 is 10.2 Å². The third kappa shape index (κ3) is 3.26. The SMILES string of the molecule is CCNC(C)c1ccc(N2CCC[C@H]3CCCC[C@H]32)cc1. The van der Waals surface area contributed by atoms with Crippen molar-refractivity contribution in [1.82, 2.24) is 5.32 Å². The van der Waals surface area contributed by atoms with Crippen LogP contribution in [0, 0.1) is 5.92 Å². The second-order valence-electron chi connectivity index (χ2n) is 6.82. The second-order valence-corrected chi connectivity index (χ2v) is 6.82. The summed E-state index contributed by atoms with van der Waals surface area (Å²) in [5, 5.41) is 3.49. The summed E-state index contributed by atoms with van der Waals surface area (Å²) >= 11 is 0. The van der Waals surface area contributed by atoms with E-state index in [1.54, 1.807) is 0 Å². The molecule has 2 aliphatic rings. The first kappa shape index (κ1) is 14.9. The number of anilines is 1. The number of benzene rings is 1. The van der Waals surface area contributed by atoms with Crippen LogP contribution < -0.4 is 10.2 Å². The fraction of sp³-hybridized carbons (Fsp3) is 0.684. The second kappa shape index (κ2) is 6.83. The number of piperidine rings is 1. The Labute approximate surface area is 129 Å². The average Bonchev–Trinajstić information content (AvgIpc) is 2.55. The largest absolute Gasteiger partial charge is 0.368 e. The smallest absolute Gasteiger partial charge is 0.0369 e. The van der Waals surface area contributed by atoms with Gasteiger partial charge in [0, 0.05) is 24.3 Å². The predicted molar refractivity (Wildman–Crippen MR) is 90.9 cm³/mol. The Morgan fingerprint density at radius 2 is 1.81 bits per heavy atom. The van der Waals surface area contributed by atoms with Crippen LogP contribution in [0.25, 0.3) is 0 Å². The molecule has 1 heterocycles. The molecule has 3 rings (SSSR count). The fourth-order valence-electron chi connectivity index (χ4n) is 4.32. The highest BCUT2D eigenvalue weighted by Crippen LogP contribution is 2.37. The Balaban J connectivity index is 1.73. The van der Waals surface area contributed by atoms with Gasteiger partial charge in [0.25, 0.3) is 0 Å². The Morgan fingerprint density at radius 1 is 1.10 bits per heavy atom. The van der Waals surface area contributed by atoms with Crippen molar-refractivity contribution in [2.24, 2.45) is 5.92 Å². The zero-order valence-electron chi connectivity index (χ0n) is 13.6. The van der Waals surface area contributed by atoms with Gasteiger partial charge in [0.1, 0.15) is 0 Å². The van der Waals surface area contributed by atoms with E-state index in [0.29, 0.717) is 6.04 Å². The Kier molecular flexibility index (Phi) is 4.84. The van der Waals surface area contributed by atoms with Crippen molar-refractivity contribution in [3.8, 4) is 0 Å². The van der Waals surface area contributed by atoms with E-state index in [2.05, 4.69) is 48.3 Å². The van der Waals surface area contributed by atoms with E-state index >= 15 is 0 Å². The van der Waals surface area contributed by atoms with Gasteiger partial charge in [-0.2, -0.15) is 0 Å². The molecule has 116 valence electrons. The van der Waals surface area contributed by atoms with Gasteiger partial charge >= 0.3 is 0 Å². The third-order valence-corrected chi connectivity index (χ3v) is 5.48. The standard InChI is InChI=1S/C19H30N2/c1-3-20-15(2)16-10-12-18(13-11-16)21-14-6-8-17-7-4-5-9-19(17)21/h10-13,15,17,19-20H,3-9,14H2,1-2H3/t15?,17-,19-/m1/s1. The monoisotopic (exact) mass is 286 g/mol. The lowest BCUT2D eigenvalue weighted by atomic mass is 9.78. The van der Waals surface area contributed by atoms with Crippen LogP contribution in [0.1, 0.15) is 64.0 Å². The zero-order chi connectivity index (χ0) is 14.7. The fourth-order valence-corrected chi connectivity index (χ4v) is 4.32. The summed E-state index contributed by atoms with van der Waals surface area (Å²) in [7, 11) is 0. The number of nitrogens with one attached hydrogen (secondary N) is 1. The van der Waals surface area contributed by atoms with Gasteiger partial charge in [0.15, 0.2) is 0 Å². The van der Waals surface area contributed by atoms with Crippen molar-refractivity contribution in [2.75, 3.05) is 18.0 Å². The molecule has 0 radical (unpaired) electrons. The molecule has 1 N–H and O–H groups in total. The molecule has 1 saturated heterocycles. The highest BCUT2D eigenvalue weighted by atomic mass is 15.2. The van der Waals surface area contributed by atoms with E-state index in [1.807, 2.05) is 0 Å². The average molecular weight is 286 g/mol. The summed E-state index contributed by atoms with van der Waals surface area (Å²) in [5.74, 6) is 0.952. The summed E-state index contributed by atoms with van der Waals surface area (Å²) in [6.45, 7) is 6.69. The molecule has 3 atom stereocenters. The van der Waals surface area contributed by atoms with E-state index in [0.717, 1.165) is 18.5 Å². The minimum absolute atomic E-state index is 0.452. The van der Waals surface area contributed by atoms with Gasteiger partial charge in [-0.15, -0.1) is 0 Å². The first-order valence-electron chi connectivity index (χ1n) is 8.89. The van der Waals surface area contributed by atoms with Gasteiger partial charge in [-0.25, -0.2) is 0 Å². The van der Waals surface area contributed by atoms with Crippen molar-refractivity contribution < 1.29 is 0 Å². The summed E-state index contributed by atoms with van der Waals surface area (Å²) in [5.41, 5.74) is 2.84. The topological polar surface area (TPSA) is 15.3 Å². The Morgan fingerprint density at radius 3 is 2.57 bits per heavy atom. The van der Waals surface area contributed by atoms with Crippen molar-refractivity contribution >= 4 is 5.69 Å². The minimum Gasteiger partial charge on any atom is -0.368 e. The highest BCUT2D eigenvalue weighted by molar-refractivity contribution is 5.49. The molecule has 2 heteroatoms. The molecule has 2 fully saturated rings. The van der Waals surface area contributed by atoms with E-state index in [1.165, 1.54) is 56.3 Å². The van der Waals surface area contributed by atoms with Crippen molar-refractivity contribution in [2.45, 2.75) is 64.5 Å². The van der Waals surface area contributed by atoms with Gasteiger partial charge in [-0.3, -0.25) is 0 Å². The molecule has 1 saturated carbocycles. The summed E-state index contributed by atoms with van der Waals surface area (Å²) in [4.78, 5) is 2.70. The molecule has 2 nitrogen and oxygen atoms in total. The van der Waals surface area contributed by atoms with Gasteiger partial charge in [-0.1, -0.05) is 31.9 Å². The third-order valence-electron chi connectivity index (χ3n) is 5.48. The van der Waals surface area contributed by atoms with Crippen LogP contribution in [0.3, 0.4) is 0 Å². The van der Waals surface area contributed by atoms with Crippen molar-refractivity contribution in [3.05, 3.63) is 29.8 Å². The minimum atomic E-state index is 0.452. The lowest BCUT2D eigenvalue weighted by Crippen LogP contribution is -2.46. The van der Waals surface area contributed by atoms with Crippen LogP contribution in [0.2, 0.25) is 0 Å². The summed E-state index contributed by atoms with van der Waals surface area (Å²) < 4.78 is 0. The molecule has 0 spiro atoms. The van der Waals surface area contributed by atoms with Crippen LogP contribution in [0.15, 0.2) is 24.3 Å². The molecular formula is C19H30N2. The molecule has 1 aliphatic heterocycles. The van der Waals surface area contributed by atoms with E-state index < -0.39 is 0 Å². The molecule has 21 heavy (non-hydrogen) atoms. The quantitative estimate of drug-likeness (QED) is 0.875. The van der Waals surface area contributed by atoms with E-state index in [4.69, 9.17) is 0 Å². The number of hydrogen-bond acceptors (Lipinski definition) is 2. The first-order valence-corrected chi connectivity index (χ1v) is 8.89. The normalized spacial score (nSPS) is 27.2. The Hall–Kier alpha value is -1.02. The van der Waals surface area contributed by atoms with Gasteiger partial charge in [-0.05, 0) is 62.8 Å². The molecule has 1 aliphatic carbocycles.